The molecule has 20 heavy (non-hydrogen) atoms. The minimum atomic E-state index is 0.634. The van der Waals surface area contributed by atoms with Crippen LogP contribution < -0.4 is 4.74 Å². The topological polar surface area (TPSA) is 44.1 Å². The van der Waals surface area contributed by atoms with Crippen molar-refractivity contribution in [3.8, 4) is 11.4 Å². The van der Waals surface area contributed by atoms with Gasteiger partial charge >= 0.3 is 0 Å². The highest BCUT2D eigenvalue weighted by Gasteiger charge is 2.05. The van der Waals surface area contributed by atoms with Gasteiger partial charge in [0, 0.05) is 11.3 Å². The largest absolute Gasteiger partial charge is 0.494 e. The third kappa shape index (κ3) is 2.16. The molecule has 0 unspecified atom stereocenters. The SMILES string of the molecule is CCOc1ccc(-n2cnc3cc(C=O)ccc32)cc1. The van der Waals surface area contributed by atoms with Crippen LogP contribution in [0.4, 0.5) is 0 Å². The van der Waals surface area contributed by atoms with Crippen LogP contribution >= 0.6 is 0 Å². The van der Waals surface area contributed by atoms with Crippen LogP contribution in [0.25, 0.3) is 16.7 Å². The molecule has 0 amide bonds. The molecule has 0 aliphatic rings. The molecule has 0 aliphatic carbocycles. The Bertz CT molecular complexity index is 745. The molecule has 1 heterocycles. The van der Waals surface area contributed by atoms with Gasteiger partial charge in [0.1, 0.15) is 18.4 Å². The standard InChI is InChI=1S/C16H14N2O2/c1-2-20-14-6-4-13(5-7-14)18-11-17-15-9-12(10-19)3-8-16(15)18/h3-11H,2H2,1H3. The summed E-state index contributed by atoms with van der Waals surface area (Å²) in [5.74, 6) is 0.851. The molecule has 0 aliphatic heterocycles. The number of nitrogens with zero attached hydrogens (tertiary/aromatic N) is 2. The number of rotatable bonds is 4. The van der Waals surface area contributed by atoms with E-state index >= 15 is 0 Å². The first kappa shape index (κ1) is 12.4. The van der Waals surface area contributed by atoms with Gasteiger partial charge in [-0.3, -0.25) is 9.36 Å². The van der Waals surface area contributed by atoms with Gasteiger partial charge < -0.3 is 4.74 Å². The fourth-order valence-corrected chi connectivity index (χ4v) is 2.18. The molecule has 0 bridgehead atoms. The molecule has 0 saturated carbocycles. The van der Waals surface area contributed by atoms with Crippen LogP contribution in [0.15, 0.2) is 48.8 Å². The summed E-state index contributed by atoms with van der Waals surface area (Å²) in [7, 11) is 0. The Kier molecular flexibility index (Phi) is 3.21. The van der Waals surface area contributed by atoms with Gasteiger partial charge in [0.15, 0.2) is 0 Å². The number of fused-ring (bicyclic) bond motifs is 1. The monoisotopic (exact) mass is 266 g/mol. The molecule has 3 aromatic rings. The number of hydrogen-bond donors (Lipinski definition) is 0. The lowest BCUT2D eigenvalue weighted by Crippen LogP contribution is -1.94. The molecule has 1 aromatic heterocycles. The van der Waals surface area contributed by atoms with E-state index in [0.717, 1.165) is 28.8 Å². The van der Waals surface area contributed by atoms with Crippen LogP contribution in [-0.4, -0.2) is 22.4 Å². The molecule has 4 heteroatoms. The van der Waals surface area contributed by atoms with Crippen molar-refractivity contribution >= 4 is 17.3 Å². The summed E-state index contributed by atoms with van der Waals surface area (Å²) in [6, 6.07) is 13.3. The van der Waals surface area contributed by atoms with Crippen LogP contribution in [0, 0.1) is 0 Å². The van der Waals surface area contributed by atoms with Crippen molar-refractivity contribution in [1.29, 1.82) is 0 Å². The van der Waals surface area contributed by atoms with Gasteiger partial charge in [0.2, 0.25) is 0 Å². The Hall–Kier alpha value is -2.62. The van der Waals surface area contributed by atoms with E-state index in [-0.39, 0.29) is 0 Å². The van der Waals surface area contributed by atoms with E-state index in [1.807, 2.05) is 41.8 Å². The fraction of sp³-hybridized carbons (Fsp3) is 0.125. The number of aromatic nitrogens is 2. The summed E-state index contributed by atoms with van der Waals surface area (Å²) < 4.78 is 7.42. The average molecular weight is 266 g/mol. The van der Waals surface area contributed by atoms with Crippen LogP contribution in [0.1, 0.15) is 17.3 Å². The van der Waals surface area contributed by atoms with Gasteiger partial charge in [0.05, 0.1) is 17.6 Å². The number of ether oxygens (including phenoxy) is 1. The lowest BCUT2D eigenvalue weighted by molar-refractivity contribution is 0.112. The number of aldehydes is 1. The summed E-state index contributed by atoms with van der Waals surface area (Å²) in [5, 5.41) is 0. The third-order valence-corrected chi connectivity index (χ3v) is 3.13. The predicted octanol–water partition coefficient (Wildman–Crippen LogP) is 3.24. The predicted molar refractivity (Wildman–Crippen MR) is 77.6 cm³/mol. The number of hydrogen-bond acceptors (Lipinski definition) is 3. The molecule has 2 aromatic carbocycles. The summed E-state index contributed by atoms with van der Waals surface area (Å²) in [4.78, 5) is 15.1. The number of imidazole rings is 1. The van der Waals surface area contributed by atoms with Crippen molar-refractivity contribution in [2.75, 3.05) is 6.61 Å². The Morgan fingerprint density at radius 3 is 2.70 bits per heavy atom. The molecule has 0 fully saturated rings. The molecular weight excluding hydrogens is 252 g/mol. The highest BCUT2D eigenvalue weighted by atomic mass is 16.5. The molecule has 0 radical (unpaired) electrons. The smallest absolute Gasteiger partial charge is 0.150 e. The van der Waals surface area contributed by atoms with Gasteiger partial charge in [-0.25, -0.2) is 4.98 Å². The highest BCUT2D eigenvalue weighted by Crippen LogP contribution is 2.21. The number of carbonyl (C=O) groups excluding carboxylic acids is 1. The zero-order chi connectivity index (χ0) is 13.9. The highest BCUT2D eigenvalue weighted by molar-refractivity contribution is 5.85. The average Bonchev–Trinajstić information content (AvgIpc) is 2.91. The van der Waals surface area contributed by atoms with Crippen LogP contribution in [0.3, 0.4) is 0 Å². The lowest BCUT2D eigenvalue weighted by atomic mass is 10.2. The maximum absolute atomic E-state index is 10.8. The minimum Gasteiger partial charge on any atom is -0.494 e. The first-order valence-corrected chi connectivity index (χ1v) is 6.47. The lowest BCUT2D eigenvalue weighted by Gasteiger charge is -2.06. The molecule has 0 N–H and O–H groups in total. The number of benzene rings is 2. The Balaban J connectivity index is 2.03. The second kappa shape index (κ2) is 5.17. The van der Waals surface area contributed by atoms with E-state index < -0.39 is 0 Å². The van der Waals surface area contributed by atoms with E-state index in [2.05, 4.69) is 4.98 Å². The second-order valence-corrected chi connectivity index (χ2v) is 4.41. The number of carbonyl (C=O) groups is 1. The third-order valence-electron chi connectivity index (χ3n) is 3.13. The quantitative estimate of drug-likeness (QED) is 0.681. The van der Waals surface area contributed by atoms with Gasteiger partial charge in [-0.1, -0.05) is 0 Å². The first-order chi connectivity index (χ1) is 9.81. The summed E-state index contributed by atoms with van der Waals surface area (Å²) in [5.41, 5.74) is 3.42. The molecule has 3 rings (SSSR count). The van der Waals surface area contributed by atoms with Crippen molar-refractivity contribution in [1.82, 2.24) is 9.55 Å². The molecule has 0 atom stereocenters. The van der Waals surface area contributed by atoms with Crippen molar-refractivity contribution in [3.63, 3.8) is 0 Å². The van der Waals surface area contributed by atoms with Gasteiger partial charge in [-0.05, 0) is 49.4 Å². The Morgan fingerprint density at radius 1 is 1.20 bits per heavy atom. The van der Waals surface area contributed by atoms with E-state index in [9.17, 15) is 4.79 Å². The van der Waals surface area contributed by atoms with Crippen LogP contribution in [-0.2, 0) is 0 Å². The normalized spacial score (nSPS) is 10.7. The fourth-order valence-electron chi connectivity index (χ4n) is 2.18. The van der Waals surface area contributed by atoms with E-state index in [4.69, 9.17) is 4.74 Å². The Labute approximate surface area is 116 Å². The maximum Gasteiger partial charge on any atom is 0.150 e. The van der Waals surface area contributed by atoms with Gasteiger partial charge in [-0.2, -0.15) is 0 Å². The summed E-state index contributed by atoms with van der Waals surface area (Å²) in [6.45, 7) is 2.61. The van der Waals surface area contributed by atoms with Crippen molar-refractivity contribution in [2.45, 2.75) is 6.92 Å². The van der Waals surface area contributed by atoms with Gasteiger partial charge in [0.25, 0.3) is 0 Å². The zero-order valence-electron chi connectivity index (χ0n) is 11.1. The van der Waals surface area contributed by atoms with E-state index in [0.29, 0.717) is 12.2 Å². The molecule has 100 valence electrons. The molecular formula is C16H14N2O2. The molecule has 0 spiro atoms. The van der Waals surface area contributed by atoms with Crippen LogP contribution in [0.5, 0.6) is 5.75 Å². The summed E-state index contributed by atoms with van der Waals surface area (Å²) in [6.07, 6.45) is 2.59. The van der Waals surface area contributed by atoms with Gasteiger partial charge in [-0.15, -0.1) is 0 Å². The molecule has 4 nitrogen and oxygen atoms in total. The maximum atomic E-state index is 10.8. The van der Waals surface area contributed by atoms with Crippen molar-refractivity contribution < 1.29 is 9.53 Å². The van der Waals surface area contributed by atoms with Crippen molar-refractivity contribution in [3.05, 3.63) is 54.4 Å². The zero-order valence-corrected chi connectivity index (χ0v) is 11.1. The van der Waals surface area contributed by atoms with E-state index in [1.165, 1.54) is 0 Å². The summed E-state index contributed by atoms with van der Waals surface area (Å²) >= 11 is 0. The van der Waals surface area contributed by atoms with E-state index in [1.54, 1.807) is 18.5 Å². The Morgan fingerprint density at radius 2 is 2.00 bits per heavy atom. The minimum absolute atomic E-state index is 0.634. The second-order valence-electron chi connectivity index (χ2n) is 4.41. The van der Waals surface area contributed by atoms with Crippen molar-refractivity contribution in [2.24, 2.45) is 0 Å². The van der Waals surface area contributed by atoms with Crippen LogP contribution in [0.2, 0.25) is 0 Å². The molecule has 0 saturated heterocycles. The first-order valence-electron chi connectivity index (χ1n) is 6.47.